The summed E-state index contributed by atoms with van der Waals surface area (Å²) in [5, 5.41) is 0.999. The van der Waals surface area contributed by atoms with E-state index in [4.69, 9.17) is 4.74 Å². The van der Waals surface area contributed by atoms with Crippen molar-refractivity contribution in [3.05, 3.63) is 70.3 Å². The van der Waals surface area contributed by atoms with E-state index in [-0.39, 0.29) is 11.6 Å². The highest BCUT2D eigenvalue weighted by Crippen LogP contribution is 2.31. The van der Waals surface area contributed by atoms with E-state index in [0.717, 1.165) is 47.3 Å². The quantitative estimate of drug-likeness (QED) is 0.764. The number of benzene rings is 1. The van der Waals surface area contributed by atoms with Gasteiger partial charge in [0.15, 0.2) is 0 Å². The minimum atomic E-state index is -0.0201. The van der Waals surface area contributed by atoms with E-state index < -0.39 is 0 Å². The van der Waals surface area contributed by atoms with Gasteiger partial charge in [-0.05, 0) is 62.7 Å². The van der Waals surface area contributed by atoms with Crippen LogP contribution >= 0.6 is 0 Å². The Kier molecular flexibility index (Phi) is 4.71. The maximum absolute atomic E-state index is 12.5. The third-order valence-corrected chi connectivity index (χ3v) is 4.97. The first-order chi connectivity index (χ1) is 12.7. The Morgan fingerprint density at radius 1 is 1.27 bits per heavy atom. The number of ether oxygens (including phenoxy) is 1. The Morgan fingerprint density at radius 2 is 2.19 bits per heavy atom. The van der Waals surface area contributed by atoms with E-state index in [1.807, 2.05) is 49.5 Å². The number of H-pyrrole nitrogens is 1. The number of rotatable bonds is 5. The van der Waals surface area contributed by atoms with Crippen LogP contribution in [0.5, 0.6) is 5.75 Å². The Balaban J connectivity index is 1.63. The van der Waals surface area contributed by atoms with Crippen molar-refractivity contribution in [1.29, 1.82) is 0 Å². The molecular weight excluding hydrogens is 326 g/mol. The second kappa shape index (κ2) is 7.30. The maximum Gasteiger partial charge on any atom is 0.252 e. The zero-order valence-corrected chi connectivity index (χ0v) is 14.9. The molecule has 0 spiro atoms. The van der Waals surface area contributed by atoms with Crippen molar-refractivity contribution in [3.8, 4) is 5.75 Å². The number of aromatic amines is 1. The molecule has 3 aromatic rings. The first kappa shape index (κ1) is 16.8. The van der Waals surface area contributed by atoms with Crippen molar-refractivity contribution < 1.29 is 4.74 Å². The Morgan fingerprint density at radius 3 is 3.00 bits per heavy atom. The van der Waals surface area contributed by atoms with Crippen molar-refractivity contribution in [2.45, 2.75) is 32.4 Å². The van der Waals surface area contributed by atoms with E-state index in [9.17, 15) is 4.79 Å². The summed E-state index contributed by atoms with van der Waals surface area (Å²) in [4.78, 5) is 22.4. The zero-order chi connectivity index (χ0) is 17.9. The molecule has 1 atom stereocenters. The molecule has 0 aliphatic carbocycles. The number of hydrogen-bond acceptors (Lipinski definition) is 4. The van der Waals surface area contributed by atoms with Crippen molar-refractivity contribution >= 4 is 10.9 Å². The van der Waals surface area contributed by atoms with E-state index >= 15 is 0 Å². The molecule has 0 radical (unpaired) electrons. The smallest absolute Gasteiger partial charge is 0.252 e. The van der Waals surface area contributed by atoms with E-state index in [1.54, 1.807) is 0 Å². The van der Waals surface area contributed by atoms with Crippen LogP contribution in [0.1, 0.15) is 37.1 Å². The third-order valence-electron chi connectivity index (χ3n) is 4.97. The molecule has 2 aromatic heterocycles. The largest absolute Gasteiger partial charge is 0.494 e. The molecule has 5 heteroatoms. The molecule has 0 bridgehead atoms. The van der Waals surface area contributed by atoms with Gasteiger partial charge in [-0.15, -0.1) is 0 Å². The number of aromatic nitrogens is 2. The standard InChI is InChI=1S/C21H23N3O2/c1-2-26-17-8-9-18-15(13-17)12-16(21(25)23-18)14-24-11-5-7-20(24)19-6-3-4-10-22-19/h3-4,6,8-10,12-13,20H,2,5,7,11,14H2,1H3,(H,23,25)/t20-/m0/s1. The Bertz CT molecular complexity index is 952. The van der Waals surface area contributed by atoms with Crippen LogP contribution < -0.4 is 10.3 Å². The van der Waals surface area contributed by atoms with Crippen molar-refractivity contribution in [1.82, 2.24) is 14.9 Å². The molecule has 0 unspecified atom stereocenters. The maximum atomic E-state index is 12.5. The minimum absolute atomic E-state index is 0.0201. The molecule has 1 aromatic carbocycles. The fourth-order valence-corrected chi connectivity index (χ4v) is 3.75. The van der Waals surface area contributed by atoms with Gasteiger partial charge < -0.3 is 9.72 Å². The molecule has 4 rings (SSSR count). The summed E-state index contributed by atoms with van der Waals surface area (Å²) in [6.45, 7) is 4.21. The second-order valence-corrected chi connectivity index (χ2v) is 6.69. The molecule has 1 N–H and O–H groups in total. The molecular formula is C21H23N3O2. The third kappa shape index (κ3) is 3.35. The van der Waals surface area contributed by atoms with Gasteiger partial charge in [0, 0.05) is 29.2 Å². The van der Waals surface area contributed by atoms with Gasteiger partial charge in [0.05, 0.1) is 18.3 Å². The van der Waals surface area contributed by atoms with Crippen LogP contribution in [0.15, 0.2) is 53.5 Å². The summed E-state index contributed by atoms with van der Waals surface area (Å²) < 4.78 is 5.58. The van der Waals surface area contributed by atoms with Gasteiger partial charge >= 0.3 is 0 Å². The molecule has 0 amide bonds. The fourth-order valence-electron chi connectivity index (χ4n) is 3.75. The van der Waals surface area contributed by atoms with Crippen molar-refractivity contribution in [3.63, 3.8) is 0 Å². The van der Waals surface area contributed by atoms with Gasteiger partial charge in [-0.3, -0.25) is 14.7 Å². The van der Waals surface area contributed by atoms with Crippen LogP contribution in [0.4, 0.5) is 0 Å². The molecule has 1 aliphatic rings. The van der Waals surface area contributed by atoms with Crippen molar-refractivity contribution in [2.75, 3.05) is 13.2 Å². The van der Waals surface area contributed by atoms with Gasteiger partial charge in [0.25, 0.3) is 5.56 Å². The van der Waals surface area contributed by atoms with E-state index in [1.165, 1.54) is 0 Å². The van der Waals surface area contributed by atoms with Gasteiger partial charge in [-0.25, -0.2) is 0 Å². The predicted octanol–water partition coefficient (Wildman–Crippen LogP) is 3.66. The van der Waals surface area contributed by atoms with Crippen LogP contribution in [-0.4, -0.2) is 28.0 Å². The Labute approximate surface area is 152 Å². The molecule has 134 valence electrons. The van der Waals surface area contributed by atoms with Crippen LogP contribution in [0.3, 0.4) is 0 Å². The number of fused-ring (bicyclic) bond motifs is 1. The second-order valence-electron chi connectivity index (χ2n) is 6.69. The predicted molar refractivity (Wildman–Crippen MR) is 102 cm³/mol. The lowest BCUT2D eigenvalue weighted by atomic mass is 10.1. The normalized spacial score (nSPS) is 17.7. The lowest BCUT2D eigenvalue weighted by Gasteiger charge is -2.23. The molecule has 1 fully saturated rings. The summed E-state index contributed by atoms with van der Waals surface area (Å²) in [5.41, 5.74) is 2.69. The molecule has 0 saturated carbocycles. The summed E-state index contributed by atoms with van der Waals surface area (Å²) in [5.74, 6) is 0.825. The van der Waals surface area contributed by atoms with E-state index in [0.29, 0.717) is 13.2 Å². The molecule has 1 saturated heterocycles. The number of pyridine rings is 2. The topological polar surface area (TPSA) is 58.2 Å². The van der Waals surface area contributed by atoms with E-state index in [2.05, 4.69) is 20.9 Å². The fraction of sp³-hybridized carbons (Fsp3) is 0.333. The van der Waals surface area contributed by atoms with Gasteiger partial charge in [0.1, 0.15) is 5.75 Å². The van der Waals surface area contributed by atoms with Crippen molar-refractivity contribution in [2.24, 2.45) is 0 Å². The zero-order valence-electron chi connectivity index (χ0n) is 14.9. The number of likely N-dealkylation sites (tertiary alicyclic amines) is 1. The molecule has 1 aliphatic heterocycles. The number of nitrogens with zero attached hydrogens (tertiary/aromatic N) is 2. The highest BCUT2D eigenvalue weighted by Gasteiger charge is 2.27. The van der Waals surface area contributed by atoms with Gasteiger partial charge in [-0.2, -0.15) is 0 Å². The van der Waals surface area contributed by atoms with Crippen LogP contribution in [0.2, 0.25) is 0 Å². The van der Waals surface area contributed by atoms with Gasteiger partial charge in [0.2, 0.25) is 0 Å². The number of hydrogen-bond donors (Lipinski definition) is 1. The minimum Gasteiger partial charge on any atom is -0.494 e. The lowest BCUT2D eigenvalue weighted by Crippen LogP contribution is -2.27. The van der Waals surface area contributed by atoms with Crippen LogP contribution in [-0.2, 0) is 6.54 Å². The molecule has 5 nitrogen and oxygen atoms in total. The molecule has 3 heterocycles. The Hall–Kier alpha value is -2.66. The van der Waals surface area contributed by atoms with Crippen LogP contribution in [0.25, 0.3) is 10.9 Å². The summed E-state index contributed by atoms with van der Waals surface area (Å²) in [7, 11) is 0. The monoisotopic (exact) mass is 349 g/mol. The molecule has 26 heavy (non-hydrogen) atoms. The summed E-state index contributed by atoms with van der Waals surface area (Å²) in [6.07, 6.45) is 4.04. The SMILES string of the molecule is CCOc1ccc2[nH]c(=O)c(CN3CCC[C@H]3c3ccccn3)cc2c1. The highest BCUT2D eigenvalue weighted by atomic mass is 16.5. The lowest BCUT2D eigenvalue weighted by molar-refractivity contribution is 0.243. The summed E-state index contributed by atoms with van der Waals surface area (Å²) in [6, 6.07) is 14.1. The summed E-state index contributed by atoms with van der Waals surface area (Å²) >= 11 is 0. The average molecular weight is 349 g/mol. The number of nitrogens with one attached hydrogen (secondary N) is 1. The van der Waals surface area contributed by atoms with Crippen LogP contribution in [0, 0.1) is 0 Å². The average Bonchev–Trinajstić information content (AvgIpc) is 3.12. The highest BCUT2D eigenvalue weighted by molar-refractivity contribution is 5.80. The first-order valence-electron chi connectivity index (χ1n) is 9.18. The van der Waals surface area contributed by atoms with Gasteiger partial charge in [-0.1, -0.05) is 6.07 Å². The first-order valence-corrected chi connectivity index (χ1v) is 9.18.